The number of rotatable bonds is 11. The Hall–Kier alpha value is -3.93. The Morgan fingerprint density at radius 2 is 1.16 bits per heavy atom. The fourth-order valence-electron chi connectivity index (χ4n) is 6.11. The van der Waals surface area contributed by atoms with E-state index in [9.17, 15) is 14.4 Å². The first-order valence-corrected chi connectivity index (χ1v) is 15.7. The summed E-state index contributed by atoms with van der Waals surface area (Å²) in [5.74, 6) is -1.75. The van der Waals surface area contributed by atoms with Gasteiger partial charge in [-0.1, -0.05) is 91.0 Å². The van der Waals surface area contributed by atoms with E-state index in [1.54, 1.807) is 4.90 Å². The molecule has 0 saturated carbocycles. The van der Waals surface area contributed by atoms with E-state index in [2.05, 4.69) is 0 Å². The van der Waals surface area contributed by atoms with E-state index in [1.807, 2.05) is 133 Å². The van der Waals surface area contributed by atoms with Gasteiger partial charge in [0.05, 0.1) is 11.3 Å². The van der Waals surface area contributed by atoms with Crippen molar-refractivity contribution in [2.24, 2.45) is 11.3 Å². The summed E-state index contributed by atoms with van der Waals surface area (Å²) >= 11 is 0. The third-order valence-corrected chi connectivity index (χ3v) is 8.16. The van der Waals surface area contributed by atoms with E-state index in [0.29, 0.717) is 38.6 Å². The van der Waals surface area contributed by atoms with Crippen LogP contribution in [0, 0.1) is 11.3 Å². The minimum atomic E-state index is -1.06. The molecular weight excluding hydrogens is 550 g/mol. The van der Waals surface area contributed by atoms with Crippen molar-refractivity contribution in [1.29, 1.82) is 0 Å². The average Bonchev–Trinajstić information content (AvgIpc) is 3.29. The third kappa shape index (κ3) is 8.58. The molecule has 0 spiro atoms. The third-order valence-electron chi connectivity index (χ3n) is 8.16. The minimum absolute atomic E-state index is 0.188. The number of amides is 1. The summed E-state index contributed by atoms with van der Waals surface area (Å²) in [6, 6.07) is 28.7. The summed E-state index contributed by atoms with van der Waals surface area (Å²) in [6.07, 6.45) is 2.19. The zero-order chi connectivity index (χ0) is 32.0. The summed E-state index contributed by atoms with van der Waals surface area (Å²) in [4.78, 5) is 44.5. The molecule has 3 atom stereocenters. The number of carbonyl (C=O) groups is 3. The van der Waals surface area contributed by atoms with Gasteiger partial charge in [-0.2, -0.15) is 0 Å². The number of ether oxygens (including phenoxy) is 2. The highest BCUT2D eigenvalue weighted by Gasteiger charge is 2.57. The smallest absolute Gasteiger partial charge is 0.329 e. The number of benzene rings is 3. The SMILES string of the molecule is CC(C)(C)OC(=O)C(Cc1ccccc1)[C@]1(CCc2ccccc2)CCN([C@@H](Cc2ccccc2)C(=O)OC(C)(C)C)C1=O. The van der Waals surface area contributed by atoms with Crippen LogP contribution in [0.4, 0.5) is 0 Å². The molecule has 0 radical (unpaired) electrons. The van der Waals surface area contributed by atoms with Crippen molar-refractivity contribution < 1.29 is 23.9 Å². The monoisotopic (exact) mass is 597 g/mol. The molecule has 234 valence electrons. The normalized spacial score (nSPS) is 18.5. The Balaban J connectivity index is 1.78. The number of aryl methyl sites for hydroxylation is 1. The molecule has 1 fully saturated rings. The van der Waals surface area contributed by atoms with E-state index < -0.39 is 34.5 Å². The van der Waals surface area contributed by atoms with Crippen LogP contribution in [-0.4, -0.2) is 46.5 Å². The molecule has 1 saturated heterocycles. The molecule has 6 nitrogen and oxygen atoms in total. The molecule has 0 bridgehead atoms. The van der Waals surface area contributed by atoms with E-state index in [-0.39, 0.29) is 11.9 Å². The number of esters is 2. The molecule has 0 N–H and O–H groups in total. The molecule has 1 aliphatic rings. The van der Waals surface area contributed by atoms with E-state index >= 15 is 0 Å². The van der Waals surface area contributed by atoms with Crippen molar-refractivity contribution in [2.75, 3.05) is 6.54 Å². The number of hydrogen-bond donors (Lipinski definition) is 0. The van der Waals surface area contributed by atoms with Crippen LogP contribution in [0.15, 0.2) is 91.0 Å². The van der Waals surface area contributed by atoms with Crippen LogP contribution in [0.3, 0.4) is 0 Å². The van der Waals surface area contributed by atoms with Gasteiger partial charge >= 0.3 is 11.9 Å². The predicted molar refractivity (Wildman–Crippen MR) is 173 cm³/mol. The van der Waals surface area contributed by atoms with Gasteiger partial charge in [-0.25, -0.2) is 4.79 Å². The van der Waals surface area contributed by atoms with Gasteiger partial charge in [0, 0.05) is 13.0 Å². The lowest BCUT2D eigenvalue weighted by atomic mass is 9.68. The highest BCUT2D eigenvalue weighted by atomic mass is 16.6. The van der Waals surface area contributed by atoms with Crippen LogP contribution in [0.1, 0.15) is 71.1 Å². The molecule has 1 unspecified atom stereocenters. The fourth-order valence-corrected chi connectivity index (χ4v) is 6.11. The zero-order valence-electron chi connectivity index (χ0n) is 27.0. The second-order valence-electron chi connectivity index (χ2n) is 13.9. The van der Waals surface area contributed by atoms with E-state index in [1.165, 1.54) is 0 Å². The standard InChI is InChI=1S/C38H47NO5/c1-36(2,3)43-33(40)31(26-29-18-12-8-13-19-29)38(23-22-28-16-10-7-11-17-28)24-25-39(35(38)42)32(34(41)44-37(4,5)6)27-30-20-14-9-15-21-30/h7-21,31-32H,22-27H2,1-6H3/t31?,32-,38-/m0/s1. The zero-order valence-corrected chi connectivity index (χ0v) is 27.0. The highest BCUT2D eigenvalue weighted by molar-refractivity contribution is 5.94. The Labute approximate surface area is 262 Å². The summed E-state index contributed by atoms with van der Waals surface area (Å²) in [5.41, 5.74) is 0.484. The number of carbonyl (C=O) groups excluding carboxylic acids is 3. The Morgan fingerprint density at radius 1 is 0.705 bits per heavy atom. The van der Waals surface area contributed by atoms with Crippen LogP contribution in [-0.2, 0) is 43.1 Å². The van der Waals surface area contributed by atoms with Crippen LogP contribution >= 0.6 is 0 Å². The van der Waals surface area contributed by atoms with Crippen LogP contribution in [0.5, 0.6) is 0 Å². The topological polar surface area (TPSA) is 72.9 Å². The molecule has 3 aromatic rings. The van der Waals surface area contributed by atoms with Crippen LogP contribution in [0.25, 0.3) is 0 Å². The van der Waals surface area contributed by atoms with Crippen molar-refractivity contribution in [2.45, 2.75) is 90.9 Å². The second-order valence-corrected chi connectivity index (χ2v) is 13.9. The molecule has 1 heterocycles. The lowest BCUT2D eigenvalue weighted by molar-refractivity contribution is -0.170. The predicted octanol–water partition coefficient (Wildman–Crippen LogP) is 6.99. The van der Waals surface area contributed by atoms with Gasteiger partial charge in [-0.3, -0.25) is 9.59 Å². The lowest BCUT2D eigenvalue weighted by Gasteiger charge is -2.37. The molecule has 3 aromatic carbocycles. The van der Waals surface area contributed by atoms with Crippen molar-refractivity contribution in [3.63, 3.8) is 0 Å². The summed E-state index contributed by atoms with van der Waals surface area (Å²) in [6.45, 7) is 11.4. The van der Waals surface area contributed by atoms with E-state index in [4.69, 9.17) is 9.47 Å². The van der Waals surface area contributed by atoms with Crippen molar-refractivity contribution in [3.8, 4) is 0 Å². The first-order chi connectivity index (χ1) is 20.8. The van der Waals surface area contributed by atoms with Crippen LogP contribution < -0.4 is 0 Å². The molecule has 0 aromatic heterocycles. The maximum atomic E-state index is 15.0. The summed E-state index contributed by atoms with van der Waals surface area (Å²) in [7, 11) is 0. The molecule has 1 amide bonds. The summed E-state index contributed by atoms with van der Waals surface area (Å²) in [5, 5.41) is 0. The van der Waals surface area contributed by atoms with Crippen LogP contribution in [0.2, 0.25) is 0 Å². The van der Waals surface area contributed by atoms with Crippen molar-refractivity contribution >= 4 is 17.8 Å². The van der Waals surface area contributed by atoms with Crippen molar-refractivity contribution in [1.82, 2.24) is 4.90 Å². The number of hydrogen-bond acceptors (Lipinski definition) is 5. The maximum Gasteiger partial charge on any atom is 0.329 e. The van der Waals surface area contributed by atoms with Gasteiger partial charge < -0.3 is 14.4 Å². The van der Waals surface area contributed by atoms with Gasteiger partial charge in [0.25, 0.3) is 0 Å². The van der Waals surface area contributed by atoms with Gasteiger partial charge in [-0.15, -0.1) is 0 Å². The quantitative estimate of drug-likeness (QED) is 0.223. The first-order valence-electron chi connectivity index (χ1n) is 15.7. The molecule has 4 rings (SSSR count). The Kier molecular flexibility index (Phi) is 10.3. The number of likely N-dealkylation sites (tertiary alicyclic amines) is 1. The second kappa shape index (κ2) is 13.8. The lowest BCUT2D eigenvalue weighted by Crippen LogP contribution is -2.51. The van der Waals surface area contributed by atoms with Gasteiger partial charge in [0.2, 0.25) is 5.91 Å². The minimum Gasteiger partial charge on any atom is -0.460 e. The fraction of sp³-hybridized carbons (Fsp3) is 0.447. The Bertz CT molecular complexity index is 1390. The first kappa shape index (κ1) is 33.0. The maximum absolute atomic E-state index is 15.0. The van der Waals surface area contributed by atoms with Gasteiger partial charge in [-0.05, 0) is 83.9 Å². The molecule has 6 heteroatoms. The van der Waals surface area contributed by atoms with Gasteiger partial charge in [0.15, 0.2) is 0 Å². The Morgan fingerprint density at radius 3 is 1.66 bits per heavy atom. The summed E-state index contributed by atoms with van der Waals surface area (Å²) < 4.78 is 11.9. The average molecular weight is 598 g/mol. The number of nitrogens with zero attached hydrogens (tertiary/aromatic N) is 1. The van der Waals surface area contributed by atoms with Gasteiger partial charge in [0.1, 0.15) is 17.2 Å². The molecular formula is C38H47NO5. The molecule has 44 heavy (non-hydrogen) atoms. The molecule has 0 aliphatic carbocycles. The van der Waals surface area contributed by atoms with E-state index in [0.717, 1.165) is 16.7 Å². The van der Waals surface area contributed by atoms with Crippen molar-refractivity contribution in [3.05, 3.63) is 108 Å². The largest absolute Gasteiger partial charge is 0.460 e. The highest BCUT2D eigenvalue weighted by Crippen LogP contribution is 2.47. The molecule has 1 aliphatic heterocycles.